The molecular formula is C19H34O2. The van der Waals surface area contributed by atoms with Crippen molar-refractivity contribution < 1.29 is 9.53 Å². The highest BCUT2D eigenvalue weighted by atomic mass is 16.6. The molecule has 4 unspecified atom stereocenters. The van der Waals surface area contributed by atoms with E-state index in [4.69, 9.17) is 4.74 Å². The molecule has 2 aliphatic rings. The molecule has 0 aliphatic heterocycles. The smallest absolute Gasteiger partial charge is 0.312 e. The van der Waals surface area contributed by atoms with Crippen LogP contribution in [-0.4, -0.2) is 11.6 Å². The Labute approximate surface area is 131 Å². The zero-order valence-corrected chi connectivity index (χ0v) is 14.7. The molecule has 2 heteroatoms. The summed E-state index contributed by atoms with van der Waals surface area (Å²) in [6.07, 6.45) is 9.39. The zero-order valence-electron chi connectivity index (χ0n) is 14.7. The summed E-state index contributed by atoms with van der Waals surface area (Å²) in [6, 6.07) is 0. The Morgan fingerprint density at radius 1 is 1.19 bits per heavy atom. The van der Waals surface area contributed by atoms with Crippen molar-refractivity contribution >= 4 is 5.97 Å². The van der Waals surface area contributed by atoms with E-state index < -0.39 is 0 Å². The summed E-state index contributed by atoms with van der Waals surface area (Å²) >= 11 is 0. The van der Waals surface area contributed by atoms with Gasteiger partial charge in [0.05, 0.1) is 5.41 Å². The van der Waals surface area contributed by atoms with Gasteiger partial charge >= 0.3 is 5.97 Å². The first-order chi connectivity index (χ1) is 9.86. The first kappa shape index (κ1) is 16.8. The maximum Gasteiger partial charge on any atom is 0.312 e. The minimum atomic E-state index is -0.349. The van der Waals surface area contributed by atoms with Crippen molar-refractivity contribution in [1.29, 1.82) is 0 Å². The summed E-state index contributed by atoms with van der Waals surface area (Å²) in [5, 5.41) is 0. The van der Waals surface area contributed by atoms with Gasteiger partial charge < -0.3 is 4.74 Å². The van der Waals surface area contributed by atoms with E-state index in [2.05, 4.69) is 20.8 Å². The number of hydrogen-bond donors (Lipinski definition) is 0. The van der Waals surface area contributed by atoms with Crippen LogP contribution in [0.25, 0.3) is 0 Å². The topological polar surface area (TPSA) is 26.3 Å². The third kappa shape index (κ3) is 3.29. The Balaban J connectivity index is 2.15. The summed E-state index contributed by atoms with van der Waals surface area (Å²) in [7, 11) is 0. The predicted molar refractivity (Wildman–Crippen MR) is 87.0 cm³/mol. The lowest BCUT2D eigenvalue weighted by Crippen LogP contribution is -2.50. The molecule has 0 radical (unpaired) electrons. The average Bonchev–Trinajstić information content (AvgIpc) is 2.49. The molecule has 0 aromatic rings. The number of esters is 1. The second kappa shape index (κ2) is 6.30. The second-order valence-corrected chi connectivity index (χ2v) is 8.13. The number of hydrogen-bond acceptors (Lipinski definition) is 2. The van der Waals surface area contributed by atoms with Crippen LogP contribution in [0, 0.1) is 23.2 Å². The Morgan fingerprint density at radius 2 is 1.90 bits per heavy atom. The molecule has 0 amide bonds. The van der Waals surface area contributed by atoms with Gasteiger partial charge in [0.15, 0.2) is 0 Å². The van der Waals surface area contributed by atoms with E-state index >= 15 is 0 Å². The molecule has 122 valence electrons. The fourth-order valence-electron chi connectivity index (χ4n) is 4.36. The highest BCUT2D eigenvalue weighted by Gasteiger charge is 2.49. The standard InChI is InChI=1S/C19H34O2/c1-6-14-11-15-9-10-19(8-3,16(12-14)13-15)21-17(20)18(4,5)7-2/h14-16H,6-13H2,1-5H3. The third-order valence-electron chi connectivity index (χ3n) is 6.53. The van der Waals surface area contributed by atoms with Crippen molar-refractivity contribution in [3.05, 3.63) is 0 Å². The van der Waals surface area contributed by atoms with Gasteiger partial charge in [0.1, 0.15) is 5.60 Å². The maximum absolute atomic E-state index is 12.6. The summed E-state index contributed by atoms with van der Waals surface area (Å²) in [5.74, 6) is 2.34. The van der Waals surface area contributed by atoms with Crippen molar-refractivity contribution in [2.75, 3.05) is 0 Å². The molecule has 0 saturated heterocycles. The van der Waals surface area contributed by atoms with Gasteiger partial charge in [-0.2, -0.15) is 0 Å². The molecule has 2 saturated carbocycles. The Hall–Kier alpha value is -0.530. The van der Waals surface area contributed by atoms with Crippen molar-refractivity contribution in [2.45, 2.75) is 91.6 Å². The van der Waals surface area contributed by atoms with E-state index in [9.17, 15) is 4.79 Å². The van der Waals surface area contributed by atoms with Crippen molar-refractivity contribution in [2.24, 2.45) is 23.2 Å². The molecule has 0 N–H and O–H groups in total. The predicted octanol–water partition coefficient (Wildman–Crippen LogP) is 5.35. The molecule has 0 spiro atoms. The molecule has 4 atom stereocenters. The Kier molecular flexibility index (Phi) is 5.05. The lowest BCUT2D eigenvalue weighted by molar-refractivity contribution is -0.188. The minimum Gasteiger partial charge on any atom is -0.458 e. The largest absolute Gasteiger partial charge is 0.458 e. The molecule has 0 aromatic carbocycles. The first-order valence-electron chi connectivity index (χ1n) is 9.10. The Morgan fingerprint density at radius 3 is 2.48 bits per heavy atom. The lowest BCUT2D eigenvalue weighted by Gasteiger charge is -2.51. The summed E-state index contributed by atoms with van der Waals surface area (Å²) in [4.78, 5) is 12.6. The molecule has 21 heavy (non-hydrogen) atoms. The number of carbonyl (C=O) groups is 1. The van der Waals surface area contributed by atoms with Crippen LogP contribution in [0.15, 0.2) is 0 Å². The van der Waals surface area contributed by atoms with Gasteiger partial charge in [-0.15, -0.1) is 0 Å². The number of fused-ring (bicyclic) bond motifs is 2. The number of carbonyl (C=O) groups excluding carboxylic acids is 1. The molecule has 2 bridgehead atoms. The monoisotopic (exact) mass is 294 g/mol. The van der Waals surface area contributed by atoms with Gasteiger partial charge in [0.2, 0.25) is 0 Å². The molecule has 2 nitrogen and oxygen atoms in total. The zero-order chi connectivity index (χ0) is 15.7. The van der Waals surface area contributed by atoms with Gasteiger partial charge in [0, 0.05) is 0 Å². The molecular weight excluding hydrogens is 260 g/mol. The van der Waals surface area contributed by atoms with Crippen LogP contribution in [0.1, 0.15) is 86.0 Å². The SMILES string of the molecule is CCC1CC2CCC(CC)(OC(=O)C(C)(C)CC)C(C1)C2. The van der Waals surface area contributed by atoms with Gasteiger partial charge in [-0.05, 0) is 76.5 Å². The van der Waals surface area contributed by atoms with Crippen LogP contribution in [0.5, 0.6) is 0 Å². The van der Waals surface area contributed by atoms with E-state index in [-0.39, 0.29) is 17.0 Å². The van der Waals surface area contributed by atoms with Crippen LogP contribution in [0.2, 0.25) is 0 Å². The summed E-state index contributed by atoms with van der Waals surface area (Å²) in [6.45, 7) is 10.6. The normalized spacial score (nSPS) is 36.3. The van der Waals surface area contributed by atoms with Gasteiger partial charge in [-0.25, -0.2) is 0 Å². The summed E-state index contributed by atoms with van der Waals surface area (Å²) < 4.78 is 6.22. The number of ether oxygens (including phenoxy) is 1. The Bertz CT molecular complexity index is 374. The average molecular weight is 294 g/mol. The molecule has 2 rings (SSSR count). The van der Waals surface area contributed by atoms with E-state index in [1.807, 2.05) is 13.8 Å². The molecule has 2 aliphatic carbocycles. The first-order valence-corrected chi connectivity index (χ1v) is 9.10. The second-order valence-electron chi connectivity index (χ2n) is 8.13. The number of rotatable bonds is 5. The van der Waals surface area contributed by atoms with E-state index in [0.717, 1.165) is 31.1 Å². The maximum atomic E-state index is 12.6. The fourth-order valence-corrected chi connectivity index (χ4v) is 4.36. The van der Waals surface area contributed by atoms with Crippen LogP contribution >= 0.6 is 0 Å². The quantitative estimate of drug-likeness (QED) is 0.639. The van der Waals surface area contributed by atoms with Crippen molar-refractivity contribution in [3.8, 4) is 0 Å². The van der Waals surface area contributed by atoms with Crippen LogP contribution in [-0.2, 0) is 9.53 Å². The van der Waals surface area contributed by atoms with Crippen LogP contribution in [0.3, 0.4) is 0 Å². The fraction of sp³-hybridized carbons (Fsp3) is 0.947. The van der Waals surface area contributed by atoms with Gasteiger partial charge in [0.25, 0.3) is 0 Å². The highest BCUT2D eigenvalue weighted by Crippen LogP contribution is 2.51. The highest BCUT2D eigenvalue weighted by molar-refractivity contribution is 5.76. The van der Waals surface area contributed by atoms with E-state index in [1.54, 1.807) is 0 Å². The van der Waals surface area contributed by atoms with Gasteiger partial charge in [-0.1, -0.05) is 27.2 Å². The molecule has 2 fully saturated rings. The van der Waals surface area contributed by atoms with Crippen molar-refractivity contribution in [1.82, 2.24) is 0 Å². The lowest BCUT2D eigenvalue weighted by atomic mass is 9.60. The third-order valence-corrected chi connectivity index (χ3v) is 6.53. The summed E-state index contributed by atoms with van der Waals surface area (Å²) in [5.41, 5.74) is -0.522. The molecule has 0 heterocycles. The van der Waals surface area contributed by atoms with Crippen LogP contribution < -0.4 is 0 Å². The van der Waals surface area contributed by atoms with Gasteiger partial charge in [-0.3, -0.25) is 4.79 Å². The molecule has 0 aromatic heterocycles. The van der Waals surface area contributed by atoms with Crippen molar-refractivity contribution in [3.63, 3.8) is 0 Å². The van der Waals surface area contributed by atoms with E-state index in [1.165, 1.54) is 32.1 Å². The van der Waals surface area contributed by atoms with E-state index in [0.29, 0.717) is 5.92 Å². The van der Waals surface area contributed by atoms with Crippen LogP contribution in [0.4, 0.5) is 0 Å². The minimum absolute atomic E-state index is 0.0175.